The summed E-state index contributed by atoms with van der Waals surface area (Å²) < 4.78 is 39.4. The van der Waals surface area contributed by atoms with Crippen LogP contribution >= 0.6 is 0 Å². The van der Waals surface area contributed by atoms with E-state index in [0.29, 0.717) is 24.7 Å². The number of nitrogens with zero attached hydrogens (tertiary/aromatic N) is 4. The fraction of sp³-hybridized carbons (Fsp3) is 0.778. The normalized spacial score (nSPS) is 19.4. The van der Waals surface area contributed by atoms with Crippen molar-refractivity contribution in [2.75, 3.05) is 20.6 Å². The molecule has 26 heavy (non-hydrogen) atoms. The number of alkyl halides is 3. The van der Waals surface area contributed by atoms with Crippen molar-refractivity contribution >= 4 is 5.91 Å². The molecule has 2 heterocycles. The molecule has 1 aliphatic carbocycles. The molecule has 0 aromatic carbocycles. The van der Waals surface area contributed by atoms with Crippen molar-refractivity contribution in [3.05, 3.63) is 17.0 Å². The Hall–Kier alpha value is -1.57. The van der Waals surface area contributed by atoms with Gasteiger partial charge in [-0.1, -0.05) is 19.3 Å². The first-order chi connectivity index (χ1) is 12.3. The maximum absolute atomic E-state index is 12.6. The Labute approximate surface area is 152 Å². The fourth-order valence-electron chi connectivity index (χ4n) is 4.07. The molecule has 0 saturated heterocycles. The molecule has 1 aliphatic heterocycles. The molecule has 5 nitrogen and oxygen atoms in total. The Balaban J connectivity index is 1.86. The van der Waals surface area contributed by atoms with Gasteiger partial charge in [-0.05, 0) is 12.8 Å². The Morgan fingerprint density at radius 2 is 1.92 bits per heavy atom. The number of rotatable bonds is 4. The first kappa shape index (κ1) is 19.2. The fourth-order valence-corrected chi connectivity index (χ4v) is 4.07. The lowest BCUT2D eigenvalue weighted by Crippen LogP contribution is -2.41. The minimum atomic E-state index is -4.23. The maximum atomic E-state index is 12.6. The number of carbonyl (C=O) groups excluding carboxylic acids is 1. The Morgan fingerprint density at radius 1 is 1.23 bits per heavy atom. The quantitative estimate of drug-likeness (QED) is 0.815. The number of aryl methyl sites for hydroxylation is 1. The standard InChI is InChI=1S/C18H27F3N4O/c1-23(2)17(26)16-14-12-24(13-6-4-3-5-7-13)10-8-15(14)25(22-16)11-9-18(19,20)21/h13H,3-12H2,1-2H3. The Morgan fingerprint density at radius 3 is 2.54 bits per heavy atom. The van der Waals surface area contributed by atoms with Gasteiger partial charge in [-0.15, -0.1) is 0 Å². The predicted octanol–water partition coefficient (Wildman–Crippen LogP) is 3.23. The second-order valence-electron chi connectivity index (χ2n) is 7.57. The molecule has 146 valence electrons. The first-order valence-corrected chi connectivity index (χ1v) is 9.37. The number of hydrogen-bond acceptors (Lipinski definition) is 3. The van der Waals surface area contributed by atoms with E-state index in [1.807, 2.05) is 0 Å². The van der Waals surface area contributed by atoms with Gasteiger partial charge in [0.1, 0.15) is 0 Å². The van der Waals surface area contributed by atoms with E-state index in [-0.39, 0.29) is 12.5 Å². The largest absolute Gasteiger partial charge is 0.390 e. The summed E-state index contributed by atoms with van der Waals surface area (Å²) in [5.41, 5.74) is 1.93. The Kier molecular flexibility index (Phi) is 5.60. The zero-order valence-electron chi connectivity index (χ0n) is 15.5. The van der Waals surface area contributed by atoms with Crippen molar-refractivity contribution in [2.45, 2.75) is 70.3 Å². The molecule has 0 spiro atoms. The van der Waals surface area contributed by atoms with E-state index >= 15 is 0 Å². The third-order valence-electron chi connectivity index (χ3n) is 5.47. The summed E-state index contributed by atoms with van der Waals surface area (Å²) in [6.45, 7) is 1.21. The van der Waals surface area contributed by atoms with Crippen LogP contribution in [0, 0.1) is 0 Å². The molecular formula is C18H27F3N4O. The molecule has 8 heteroatoms. The number of hydrogen-bond donors (Lipinski definition) is 0. The predicted molar refractivity (Wildman–Crippen MR) is 91.9 cm³/mol. The summed E-state index contributed by atoms with van der Waals surface area (Å²) in [5, 5.41) is 4.29. The molecule has 0 radical (unpaired) electrons. The summed E-state index contributed by atoms with van der Waals surface area (Å²) in [5.74, 6) is -0.238. The molecule has 1 fully saturated rings. The number of halogens is 3. The van der Waals surface area contributed by atoms with Crippen molar-refractivity contribution in [1.29, 1.82) is 0 Å². The average molecular weight is 372 g/mol. The number of aromatic nitrogens is 2. The SMILES string of the molecule is CN(C)C(=O)c1nn(CCC(F)(F)F)c2c1CN(C1CCCCC1)CC2. The molecule has 1 aromatic heterocycles. The van der Waals surface area contributed by atoms with E-state index in [0.717, 1.165) is 30.6 Å². The van der Waals surface area contributed by atoms with E-state index in [1.54, 1.807) is 14.1 Å². The topological polar surface area (TPSA) is 41.4 Å². The van der Waals surface area contributed by atoms with Gasteiger partial charge in [0.2, 0.25) is 0 Å². The van der Waals surface area contributed by atoms with Gasteiger partial charge in [0, 0.05) is 57.4 Å². The monoisotopic (exact) mass is 372 g/mol. The van der Waals surface area contributed by atoms with E-state index < -0.39 is 12.6 Å². The Bertz CT molecular complexity index is 648. The zero-order valence-corrected chi connectivity index (χ0v) is 15.5. The van der Waals surface area contributed by atoms with Crippen LogP contribution < -0.4 is 0 Å². The van der Waals surface area contributed by atoms with Crippen LogP contribution in [0.4, 0.5) is 13.2 Å². The number of fused-ring (bicyclic) bond motifs is 1. The van der Waals surface area contributed by atoms with E-state index in [4.69, 9.17) is 0 Å². The van der Waals surface area contributed by atoms with Gasteiger partial charge in [0.05, 0.1) is 6.42 Å². The molecule has 0 N–H and O–H groups in total. The number of amides is 1. The maximum Gasteiger partial charge on any atom is 0.390 e. The highest BCUT2D eigenvalue weighted by Crippen LogP contribution is 2.30. The summed E-state index contributed by atoms with van der Waals surface area (Å²) >= 11 is 0. The van der Waals surface area contributed by atoms with Gasteiger partial charge >= 0.3 is 6.18 Å². The highest BCUT2D eigenvalue weighted by molar-refractivity contribution is 5.93. The second kappa shape index (κ2) is 7.58. The third-order valence-corrected chi connectivity index (χ3v) is 5.47. The average Bonchev–Trinajstić information content (AvgIpc) is 2.97. The van der Waals surface area contributed by atoms with Gasteiger partial charge in [0.25, 0.3) is 5.91 Å². The zero-order chi connectivity index (χ0) is 18.9. The van der Waals surface area contributed by atoms with Crippen LogP contribution in [0.15, 0.2) is 0 Å². The van der Waals surface area contributed by atoms with Crippen LogP contribution in [0.5, 0.6) is 0 Å². The van der Waals surface area contributed by atoms with Gasteiger partial charge in [-0.3, -0.25) is 14.4 Å². The minimum absolute atomic E-state index is 0.226. The van der Waals surface area contributed by atoms with Crippen LogP contribution in [-0.4, -0.2) is 58.3 Å². The summed E-state index contributed by atoms with van der Waals surface area (Å²) in [7, 11) is 3.29. The van der Waals surface area contributed by atoms with Crippen molar-refractivity contribution in [3.8, 4) is 0 Å². The van der Waals surface area contributed by atoms with Gasteiger partial charge in [0.15, 0.2) is 5.69 Å². The van der Waals surface area contributed by atoms with E-state index in [2.05, 4.69) is 10.00 Å². The molecule has 0 bridgehead atoms. The molecule has 1 aromatic rings. The van der Waals surface area contributed by atoms with Crippen LogP contribution in [0.1, 0.15) is 60.3 Å². The van der Waals surface area contributed by atoms with Crippen LogP contribution in [0.25, 0.3) is 0 Å². The van der Waals surface area contributed by atoms with Crippen molar-refractivity contribution in [3.63, 3.8) is 0 Å². The second-order valence-corrected chi connectivity index (χ2v) is 7.57. The molecule has 1 saturated carbocycles. The van der Waals surface area contributed by atoms with Crippen LogP contribution in [0.3, 0.4) is 0 Å². The summed E-state index contributed by atoms with van der Waals surface area (Å²) in [6.07, 6.45) is 1.54. The highest BCUT2D eigenvalue weighted by Gasteiger charge is 2.33. The lowest BCUT2D eigenvalue weighted by Gasteiger charge is -2.37. The highest BCUT2D eigenvalue weighted by atomic mass is 19.4. The number of carbonyl (C=O) groups is 1. The minimum Gasteiger partial charge on any atom is -0.343 e. The molecule has 0 unspecified atom stereocenters. The molecule has 0 atom stereocenters. The van der Waals surface area contributed by atoms with E-state index in [1.165, 1.54) is 28.8 Å². The van der Waals surface area contributed by atoms with Crippen molar-refractivity contribution < 1.29 is 18.0 Å². The lowest BCUT2D eigenvalue weighted by molar-refractivity contribution is -0.137. The molecule has 3 rings (SSSR count). The van der Waals surface area contributed by atoms with Crippen molar-refractivity contribution in [2.24, 2.45) is 0 Å². The van der Waals surface area contributed by atoms with Crippen LogP contribution in [-0.2, 0) is 19.5 Å². The van der Waals surface area contributed by atoms with Crippen LogP contribution in [0.2, 0.25) is 0 Å². The van der Waals surface area contributed by atoms with Gasteiger partial charge in [-0.25, -0.2) is 0 Å². The summed E-state index contributed by atoms with van der Waals surface area (Å²) in [4.78, 5) is 16.4. The molecular weight excluding hydrogens is 345 g/mol. The van der Waals surface area contributed by atoms with Gasteiger partial charge < -0.3 is 4.90 Å². The smallest absolute Gasteiger partial charge is 0.343 e. The molecule has 2 aliphatic rings. The first-order valence-electron chi connectivity index (χ1n) is 9.37. The van der Waals surface area contributed by atoms with Gasteiger partial charge in [-0.2, -0.15) is 18.3 Å². The molecule has 1 amide bonds. The lowest BCUT2D eigenvalue weighted by atomic mass is 9.92. The summed E-state index contributed by atoms with van der Waals surface area (Å²) in [6, 6.07) is 0.512. The van der Waals surface area contributed by atoms with Crippen molar-refractivity contribution in [1.82, 2.24) is 19.6 Å². The third kappa shape index (κ3) is 4.22. The van der Waals surface area contributed by atoms with E-state index in [9.17, 15) is 18.0 Å².